The van der Waals surface area contributed by atoms with Crippen molar-refractivity contribution >= 4 is 35.0 Å². The van der Waals surface area contributed by atoms with Crippen LogP contribution < -0.4 is 25.0 Å². The Labute approximate surface area is 239 Å². The molecule has 41 heavy (non-hydrogen) atoms. The van der Waals surface area contributed by atoms with Gasteiger partial charge in [-0.1, -0.05) is 24.3 Å². The van der Waals surface area contributed by atoms with Crippen molar-refractivity contribution in [2.24, 2.45) is 0 Å². The minimum atomic E-state index is -1.00. The Morgan fingerprint density at radius 3 is 2.46 bits per heavy atom. The fourth-order valence-corrected chi connectivity index (χ4v) is 4.86. The molecule has 0 bridgehead atoms. The summed E-state index contributed by atoms with van der Waals surface area (Å²) in [7, 11) is 5.17. The number of nitrogens with one attached hydrogen (secondary N) is 2. The van der Waals surface area contributed by atoms with Crippen LogP contribution in [0, 0.1) is 6.92 Å². The van der Waals surface area contributed by atoms with Gasteiger partial charge in [-0.3, -0.25) is 4.79 Å². The number of hydrogen-bond acceptors (Lipinski definition) is 6. The number of urea groups is 1. The maximum Gasteiger partial charge on any atom is 0.335 e. The van der Waals surface area contributed by atoms with Crippen LogP contribution in [-0.2, 0) is 11.2 Å². The van der Waals surface area contributed by atoms with Crippen molar-refractivity contribution in [2.75, 3.05) is 49.9 Å². The van der Waals surface area contributed by atoms with Crippen LogP contribution in [0.5, 0.6) is 11.5 Å². The highest BCUT2D eigenvalue weighted by Crippen LogP contribution is 2.30. The summed E-state index contributed by atoms with van der Waals surface area (Å²) in [5, 5.41) is 15.0. The summed E-state index contributed by atoms with van der Waals surface area (Å²) >= 11 is 0. The number of nitrogens with zero attached hydrogens (tertiary/aromatic N) is 2. The molecular weight excluding hydrogens is 524 g/mol. The van der Waals surface area contributed by atoms with Gasteiger partial charge in [0.25, 0.3) is 0 Å². The number of ether oxygens (including phenoxy) is 2. The molecule has 0 saturated carbocycles. The van der Waals surface area contributed by atoms with E-state index in [2.05, 4.69) is 10.6 Å². The number of carbonyl (C=O) groups excluding carboxylic acids is 2. The predicted octanol–water partition coefficient (Wildman–Crippen LogP) is 5.02. The van der Waals surface area contributed by atoms with Crippen LogP contribution >= 0.6 is 0 Å². The van der Waals surface area contributed by atoms with Gasteiger partial charge in [-0.15, -0.1) is 0 Å². The zero-order valence-corrected chi connectivity index (χ0v) is 23.8. The summed E-state index contributed by atoms with van der Waals surface area (Å²) in [5.41, 5.74) is 3.76. The number of rotatable bonds is 10. The van der Waals surface area contributed by atoms with Crippen LogP contribution in [0.2, 0.25) is 0 Å². The molecule has 1 aliphatic rings. The van der Waals surface area contributed by atoms with Gasteiger partial charge >= 0.3 is 12.0 Å². The molecule has 3 aromatic carbocycles. The standard InChI is InChI=1S/C31H36N4O6/c1-20-8-5-6-10-24(20)32-31(39)33-25-13-11-21(16-28(25)40-4)17-29(36)35-15-7-9-23(35)19-41-27-14-12-22(30(37)38)18-26(27)34(2)3/h5-6,8,10-14,16,18,23H,7,9,15,17,19H2,1-4H3,(H,37,38)(H2,32,33,39)/t23-/m0/s1. The van der Waals surface area contributed by atoms with Crippen molar-refractivity contribution in [3.63, 3.8) is 0 Å². The lowest BCUT2D eigenvalue weighted by molar-refractivity contribution is -0.131. The fraction of sp³-hybridized carbons (Fsp3) is 0.323. The second-order valence-electron chi connectivity index (χ2n) is 10.2. The number of carboxylic acids is 1. The molecule has 10 heteroatoms. The van der Waals surface area contributed by atoms with Crippen molar-refractivity contribution in [2.45, 2.75) is 32.2 Å². The second-order valence-corrected chi connectivity index (χ2v) is 10.2. The van der Waals surface area contributed by atoms with Crippen molar-refractivity contribution in [1.82, 2.24) is 4.90 Å². The average Bonchev–Trinajstić information content (AvgIpc) is 3.42. The smallest absolute Gasteiger partial charge is 0.335 e. The lowest BCUT2D eigenvalue weighted by atomic mass is 10.1. The summed E-state index contributed by atoms with van der Waals surface area (Å²) in [6, 6.07) is 17.1. The molecule has 3 amide bonds. The van der Waals surface area contributed by atoms with E-state index in [4.69, 9.17) is 9.47 Å². The minimum Gasteiger partial charge on any atom is -0.495 e. The Morgan fingerprint density at radius 1 is 1.00 bits per heavy atom. The number of hydrogen-bond donors (Lipinski definition) is 3. The Bertz CT molecular complexity index is 1420. The molecule has 1 fully saturated rings. The highest BCUT2D eigenvalue weighted by Gasteiger charge is 2.29. The first kappa shape index (κ1) is 29.3. The first-order chi connectivity index (χ1) is 19.7. The molecule has 3 N–H and O–H groups in total. The van der Waals surface area contributed by atoms with Gasteiger partial charge in [-0.2, -0.15) is 0 Å². The second kappa shape index (κ2) is 13.1. The van der Waals surface area contributed by atoms with Gasteiger partial charge in [0.1, 0.15) is 18.1 Å². The molecule has 3 aromatic rings. The number of carboxylic acid groups (broad SMARTS) is 1. The zero-order valence-electron chi connectivity index (χ0n) is 23.8. The van der Waals surface area contributed by atoms with Crippen LogP contribution in [0.3, 0.4) is 0 Å². The van der Waals surface area contributed by atoms with Crippen molar-refractivity contribution in [3.8, 4) is 11.5 Å². The van der Waals surface area contributed by atoms with Crippen LogP contribution in [0.4, 0.5) is 21.9 Å². The van der Waals surface area contributed by atoms with Gasteiger partial charge in [0.15, 0.2) is 0 Å². The quantitative estimate of drug-likeness (QED) is 0.318. The lowest BCUT2D eigenvalue weighted by Gasteiger charge is -2.26. The molecule has 10 nitrogen and oxygen atoms in total. The van der Waals surface area contributed by atoms with E-state index in [1.165, 1.54) is 13.2 Å². The molecule has 1 saturated heterocycles. The molecule has 0 spiro atoms. The number of carbonyl (C=O) groups is 3. The van der Waals surface area contributed by atoms with E-state index < -0.39 is 12.0 Å². The number of aryl methyl sites for hydroxylation is 1. The fourth-order valence-electron chi connectivity index (χ4n) is 4.86. The van der Waals surface area contributed by atoms with Crippen molar-refractivity contribution in [1.29, 1.82) is 0 Å². The highest BCUT2D eigenvalue weighted by molar-refractivity contribution is 6.01. The van der Waals surface area contributed by atoms with Gasteiger partial charge in [-0.25, -0.2) is 9.59 Å². The van der Waals surface area contributed by atoms with Gasteiger partial charge in [0.2, 0.25) is 5.91 Å². The van der Waals surface area contributed by atoms with Crippen molar-refractivity contribution < 1.29 is 29.0 Å². The Balaban J connectivity index is 1.38. The average molecular weight is 561 g/mol. The molecule has 0 unspecified atom stereocenters. The number of aromatic carboxylic acids is 1. The van der Waals surface area contributed by atoms with Gasteiger partial charge < -0.3 is 35.0 Å². The van der Waals surface area contributed by atoms with Crippen LogP contribution in [-0.4, -0.2) is 68.3 Å². The number of anilines is 3. The lowest BCUT2D eigenvalue weighted by Crippen LogP contribution is -2.40. The number of amides is 3. The molecule has 0 aromatic heterocycles. The Kier molecular flexibility index (Phi) is 9.34. The van der Waals surface area contributed by atoms with Crippen LogP contribution in [0.1, 0.15) is 34.3 Å². The number of benzene rings is 3. The summed E-state index contributed by atoms with van der Waals surface area (Å²) in [5.74, 6) is -0.000410. The van der Waals surface area contributed by atoms with Gasteiger partial charge in [0, 0.05) is 26.3 Å². The highest BCUT2D eigenvalue weighted by atomic mass is 16.5. The predicted molar refractivity (Wildman–Crippen MR) is 158 cm³/mol. The van der Waals surface area contributed by atoms with E-state index in [9.17, 15) is 19.5 Å². The van der Waals surface area contributed by atoms with E-state index in [-0.39, 0.29) is 23.9 Å². The monoisotopic (exact) mass is 560 g/mol. The molecular formula is C31H36N4O6. The third-order valence-electron chi connectivity index (χ3n) is 7.08. The zero-order chi connectivity index (χ0) is 29.5. The molecule has 1 atom stereocenters. The maximum absolute atomic E-state index is 13.3. The van der Waals surface area contributed by atoms with Crippen molar-refractivity contribution in [3.05, 3.63) is 77.4 Å². The van der Waals surface area contributed by atoms with Gasteiger partial charge in [0.05, 0.1) is 36.5 Å². The normalized spacial score (nSPS) is 14.3. The Hall–Kier alpha value is -4.73. The van der Waals surface area contributed by atoms with E-state index in [0.29, 0.717) is 41.7 Å². The van der Waals surface area contributed by atoms with Crippen LogP contribution in [0.15, 0.2) is 60.7 Å². The summed E-state index contributed by atoms with van der Waals surface area (Å²) in [6.45, 7) is 2.86. The Morgan fingerprint density at radius 2 is 1.76 bits per heavy atom. The molecule has 216 valence electrons. The van der Waals surface area contributed by atoms with E-state index in [0.717, 1.165) is 24.0 Å². The van der Waals surface area contributed by atoms with Crippen LogP contribution in [0.25, 0.3) is 0 Å². The molecule has 1 aliphatic heterocycles. The van der Waals surface area contributed by atoms with E-state index in [1.54, 1.807) is 35.2 Å². The maximum atomic E-state index is 13.3. The van der Waals surface area contributed by atoms with E-state index >= 15 is 0 Å². The molecule has 1 heterocycles. The first-order valence-corrected chi connectivity index (χ1v) is 13.4. The third kappa shape index (κ3) is 7.27. The largest absolute Gasteiger partial charge is 0.495 e. The number of likely N-dealkylation sites (tertiary alicyclic amines) is 1. The van der Waals surface area contributed by atoms with Gasteiger partial charge in [-0.05, 0) is 67.3 Å². The number of methoxy groups -OCH3 is 1. The SMILES string of the molecule is COc1cc(CC(=O)N2CCC[C@H]2COc2ccc(C(=O)O)cc2N(C)C)ccc1NC(=O)Nc1ccccc1C. The number of para-hydroxylation sites is 1. The molecule has 0 radical (unpaired) electrons. The topological polar surface area (TPSA) is 120 Å². The van der Waals surface area contributed by atoms with E-state index in [1.807, 2.05) is 50.2 Å². The first-order valence-electron chi connectivity index (χ1n) is 13.4. The third-order valence-corrected chi connectivity index (χ3v) is 7.08. The summed E-state index contributed by atoms with van der Waals surface area (Å²) in [4.78, 5) is 40.9. The summed E-state index contributed by atoms with van der Waals surface area (Å²) < 4.78 is 11.6. The minimum absolute atomic E-state index is 0.0229. The molecule has 4 rings (SSSR count). The summed E-state index contributed by atoms with van der Waals surface area (Å²) in [6.07, 6.45) is 1.87. The molecule has 0 aliphatic carbocycles.